The highest BCUT2D eigenvalue weighted by Crippen LogP contribution is 2.25. The van der Waals surface area contributed by atoms with Crippen LogP contribution in [-0.4, -0.2) is 0 Å². The Morgan fingerprint density at radius 2 is 1.80 bits per heavy atom. The van der Waals surface area contributed by atoms with Gasteiger partial charge < -0.3 is 16.2 Å². The van der Waals surface area contributed by atoms with E-state index in [0.29, 0.717) is 0 Å². The highest BCUT2D eigenvalue weighted by molar-refractivity contribution is 5.63. The summed E-state index contributed by atoms with van der Waals surface area (Å²) in [7, 11) is 0. The van der Waals surface area contributed by atoms with Gasteiger partial charge in [-0.25, -0.2) is 8.78 Å². The molecule has 0 saturated heterocycles. The predicted molar refractivity (Wildman–Crippen MR) is 73.5 cm³/mol. The number of hydrogen-bond donors (Lipinski definition) is 2. The summed E-state index contributed by atoms with van der Waals surface area (Å²) < 4.78 is 32.9. The SMILES string of the molecule is N/C=C(\N)c1cc(F)c(OCc2ccccc2)cc1F. The zero-order chi connectivity index (χ0) is 14.5. The van der Waals surface area contributed by atoms with E-state index in [1.54, 1.807) is 0 Å². The Balaban J connectivity index is 2.19. The smallest absolute Gasteiger partial charge is 0.165 e. The number of halogens is 2. The lowest BCUT2D eigenvalue weighted by molar-refractivity contribution is 0.288. The van der Waals surface area contributed by atoms with Crippen molar-refractivity contribution >= 4 is 5.70 Å². The van der Waals surface area contributed by atoms with Crippen molar-refractivity contribution in [3.05, 3.63) is 71.4 Å². The van der Waals surface area contributed by atoms with Gasteiger partial charge in [-0.2, -0.15) is 0 Å². The molecule has 104 valence electrons. The molecule has 0 saturated carbocycles. The van der Waals surface area contributed by atoms with Crippen molar-refractivity contribution in [1.82, 2.24) is 0 Å². The number of hydrogen-bond acceptors (Lipinski definition) is 3. The van der Waals surface area contributed by atoms with Crippen LogP contribution in [-0.2, 0) is 6.61 Å². The fourth-order valence-corrected chi connectivity index (χ4v) is 1.69. The predicted octanol–water partition coefficient (Wildman–Crippen LogP) is 2.76. The summed E-state index contributed by atoms with van der Waals surface area (Å²) in [4.78, 5) is 0. The van der Waals surface area contributed by atoms with E-state index in [1.807, 2.05) is 30.3 Å². The molecule has 2 rings (SSSR count). The molecule has 4 N–H and O–H groups in total. The molecule has 3 nitrogen and oxygen atoms in total. The van der Waals surface area contributed by atoms with E-state index in [4.69, 9.17) is 16.2 Å². The van der Waals surface area contributed by atoms with Gasteiger partial charge in [-0.3, -0.25) is 0 Å². The Kier molecular flexibility index (Phi) is 4.20. The molecule has 0 amide bonds. The van der Waals surface area contributed by atoms with Crippen molar-refractivity contribution in [3.63, 3.8) is 0 Å². The molecule has 0 heterocycles. The lowest BCUT2D eigenvalue weighted by Gasteiger charge is -2.10. The fraction of sp³-hybridized carbons (Fsp3) is 0.0667. The minimum Gasteiger partial charge on any atom is -0.486 e. The van der Waals surface area contributed by atoms with Crippen LogP contribution in [0, 0.1) is 11.6 Å². The summed E-state index contributed by atoms with van der Waals surface area (Å²) in [5.41, 5.74) is 11.4. The molecule has 0 unspecified atom stereocenters. The maximum atomic E-state index is 13.8. The molecular weight excluding hydrogens is 262 g/mol. The molecule has 2 aromatic carbocycles. The van der Waals surface area contributed by atoms with E-state index in [2.05, 4.69) is 0 Å². The van der Waals surface area contributed by atoms with Gasteiger partial charge in [-0.1, -0.05) is 30.3 Å². The van der Waals surface area contributed by atoms with Gasteiger partial charge in [0.1, 0.15) is 12.4 Å². The quantitative estimate of drug-likeness (QED) is 0.902. The minimum atomic E-state index is -0.692. The lowest BCUT2D eigenvalue weighted by atomic mass is 10.1. The third-order valence-electron chi connectivity index (χ3n) is 2.75. The molecule has 5 heteroatoms. The first-order chi connectivity index (χ1) is 9.61. The Morgan fingerprint density at radius 1 is 1.10 bits per heavy atom. The van der Waals surface area contributed by atoms with Gasteiger partial charge in [-0.05, 0) is 11.6 Å². The number of benzene rings is 2. The zero-order valence-corrected chi connectivity index (χ0v) is 10.6. The lowest BCUT2D eigenvalue weighted by Crippen LogP contribution is -2.05. The Labute approximate surface area is 115 Å². The minimum absolute atomic E-state index is 0.0315. The second kappa shape index (κ2) is 6.06. The number of nitrogens with two attached hydrogens (primary N) is 2. The van der Waals surface area contributed by atoms with Crippen molar-refractivity contribution in [1.29, 1.82) is 0 Å². The van der Waals surface area contributed by atoms with Gasteiger partial charge >= 0.3 is 0 Å². The van der Waals surface area contributed by atoms with Gasteiger partial charge in [-0.15, -0.1) is 0 Å². The highest BCUT2D eigenvalue weighted by Gasteiger charge is 2.12. The largest absolute Gasteiger partial charge is 0.486 e. The third kappa shape index (κ3) is 3.06. The van der Waals surface area contributed by atoms with Crippen molar-refractivity contribution in [3.8, 4) is 5.75 Å². The van der Waals surface area contributed by atoms with Crippen LogP contribution < -0.4 is 16.2 Å². The first-order valence-electron chi connectivity index (χ1n) is 5.95. The first kappa shape index (κ1) is 13.9. The molecule has 0 atom stereocenters. The van der Waals surface area contributed by atoms with Crippen LogP contribution in [0.3, 0.4) is 0 Å². The molecule has 0 spiro atoms. The molecule has 0 radical (unpaired) electrons. The Morgan fingerprint density at radius 3 is 2.45 bits per heavy atom. The summed E-state index contributed by atoms with van der Waals surface area (Å²) in [5, 5.41) is 0. The normalized spacial score (nSPS) is 11.4. The Hall–Kier alpha value is -2.56. The van der Waals surface area contributed by atoms with Gasteiger partial charge in [0.05, 0.1) is 5.70 Å². The van der Waals surface area contributed by atoms with Gasteiger partial charge in [0.25, 0.3) is 0 Å². The van der Waals surface area contributed by atoms with Crippen molar-refractivity contribution in [2.24, 2.45) is 11.5 Å². The standard InChI is InChI=1S/C15H14F2N2O/c16-12-7-15(13(17)6-11(12)14(19)8-18)20-9-10-4-2-1-3-5-10/h1-8H,9,18-19H2/b14-8-. The molecule has 0 aromatic heterocycles. The number of ether oxygens (including phenoxy) is 1. The van der Waals surface area contributed by atoms with Crippen LogP contribution in [0.5, 0.6) is 5.75 Å². The molecule has 2 aromatic rings. The van der Waals surface area contributed by atoms with E-state index < -0.39 is 11.6 Å². The number of rotatable bonds is 4. The van der Waals surface area contributed by atoms with Crippen LogP contribution in [0.15, 0.2) is 48.7 Å². The van der Waals surface area contributed by atoms with Crippen LogP contribution in [0.4, 0.5) is 8.78 Å². The molecule has 0 bridgehead atoms. The highest BCUT2D eigenvalue weighted by atomic mass is 19.1. The van der Waals surface area contributed by atoms with Crippen LogP contribution >= 0.6 is 0 Å². The molecule has 20 heavy (non-hydrogen) atoms. The Bertz CT molecular complexity index is 627. The molecule has 0 aliphatic carbocycles. The van der Waals surface area contributed by atoms with Crippen LogP contribution in [0.1, 0.15) is 11.1 Å². The van der Waals surface area contributed by atoms with E-state index in [1.165, 1.54) is 0 Å². The van der Waals surface area contributed by atoms with Gasteiger partial charge in [0.2, 0.25) is 0 Å². The zero-order valence-electron chi connectivity index (χ0n) is 10.6. The maximum Gasteiger partial charge on any atom is 0.165 e. The summed E-state index contributed by atoms with van der Waals surface area (Å²) in [6.45, 7) is 0.152. The molecule has 0 fully saturated rings. The van der Waals surface area contributed by atoms with Crippen LogP contribution in [0.25, 0.3) is 5.70 Å². The van der Waals surface area contributed by atoms with E-state index in [9.17, 15) is 8.78 Å². The molecule has 0 aliphatic heterocycles. The average Bonchev–Trinajstić information content (AvgIpc) is 2.48. The molecular formula is C15H14F2N2O. The second-order valence-electron chi connectivity index (χ2n) is 4.16. The summed E-state index contributed by atoms with van der Waals surface area (Å²) in [6.07, 6.45) is 1.02. The van der Waals surface area contributed by atoms with Crippen molar-refractivity contribution in [2.45, 2.75) is 6.61 Å². The summed E-state index contributed by atoms with van der Waals surface area (Å²) in [6, 6.07) is 11.1. The molecule has 0 aliphatic rings. The summed E-state index contributed by atoms with van der Waals surface area (Å²) >= 11 is 0. The summed E-state index contributed by atoms with van der Waals surface area (Å²) in [5.74, 6) is -1.55. The van der Waals surface area contributed by atoms with Gasteiger partial charge in [0.15, 0.2) is 11.6 Å². The fourth-order valence-electron chi connectivity index (χ4n) is 1.69. The second-order valence-corrected chi connectivity index (χ2v) is 4.16. The first-order valence-corrected chi connectivity index (χ1v) is 5.95. The van der Waals surface area contributed by atoms with Crippen molar-refractivity contribution in [2.75, 3.05) is 0 Å². The topological polar surface area (TPSA) is 61.3 Å². The monoisotopic (exact) mass is 276 g/mol. The van der Waals surface area contributed by atoms with Crippen molar-refractivity contribution < 1.29 is 13.5 Å². The average molecular weight is 276 g/mol. The van der Waals surface area contributed by atoms with Crippen LogP contribution in [0.2, 0.25) is 0 Å². The van der Waals surface area contributed by atoms with E-state index in [-0.39, 0.29) is 23.6 Å². The van der Waals surface area contributed by atoms with E-state index in [0.717, 1.165) is 23.9 Å². The third-order valence-corrected chi connectivity index (χ3v) is 2.75. The maximum absolute atomic E-state index is 13.8. The van der Waals surface area contributed by atoms with Gasteiger partial charge in [0, 0.05) is 17.8 Å². The van der Waals surface area contributed by atoms with E-state index >= 15 is 0 Å².